The van der Waals surface area contributed by atoms with Crippen molar-refractivity contribution in [3.05, 3.63) is 47.4 Å². The second kappa shape index (κ2) is 7.10. The molecule has 0 aliphatic carbocycles. The van der Waals surface area contributed by atoms with Crippen molar-refractivity contribution >= 4 is 23.6 Å². The summed E-state index contributed by atoms with van der Waals surface area (Å²) in [6.45, 7) is 7.53. The van der Waals surface area contributed by atoms with Crippen molar-refractivity contribution in [3.63, 3.8) is 0 Å². The lowest BCUT2D eigenvalue weighted by Gasteiger charge is -2.12. The Hall–Kier alpha value is -2.61. The molecule has 0 aliphatic heterocycles. The SMILES string of the molecule is Cc1cccc(-n2c(C)nnc2S[C@@H](C)C(=O)Nc2cc(C)no2)c1. The Kier molecular flexibility index (Phi) is 4.89. The number of nitrogens with one attached hydrogen (secondary N) is 1. The van der Waals surface area contributed by atoms with Gasteiger partial charge in [0, 0.05) is 11.8 Å². The molecule has 1 N–H and O–H groups in total. The van der Waals surface area contributed by atoms with Gasteiger partial charge in [0.25, 0.3) is 0 Å². The normalized spacial score (nSPS) is 12.2. The number of carbonyl (C=O) groups is 1. The van der Waals surface area contributed by atoms with Crippen LogP contribution in [0.5, 0.6) is 0 Å². The van der Waals surface area contributed by atoms with Crippen molar-refractivity contribution in [1.82, 2.24) is 19.9 Å². The van der Waals surface area contributed by atoms with Crippen LogP contribution in [0.1, 0.15) is 24.0 Å². The second-order valence-electron chi connectivity index (χ2n) is 5.79. The monoisotopic (exact) mass is 357 g/mol. The summed E-state index contributed by atoms with van der Waals surface area (Å²) >= 11 is 1.34. The molecular formula is C17H19N5O2S. The summed E-state index contributed by atoms with van der Waals surface area (Å²) in [6, 6.07) is 9.75. The Morgan fingerprint density at radius 3 is 2.72 bits per heavy atom. The molecule has 2 heterocycles. The van der Waals surface area contributed by atoms with Crippen molar-refractivity contribution in [2.24, 2.45) is 0 Å². The summed E-state index contributed by atoms with van der Waals surface area (Å²) in [6.07, 6.45) is 0. The number of carbonyl (C=O) groups excluding carboxylic acids is 1. The number of aromatic nitrogens is 4. The van der Waals surface area contributed by atoms with Crippen molar-refractivity contribution < 1.29 is 9.32 Å². The van der Waals surface area contributed by atoms with E-state index < -0.39 is 0 Å². The largest absolute Gasteiger partial charge is 0.338 e. The van der Waals surface area contributed by atoms with Crippen LogP contribution in [-0.4, -0.2) is 31.1 Å². The summed E-state index contributed by atoms with van der Waals surface area (Å²) in [5.41, 5.74) is 2.84. The van der Waals surface area contributed by atoms with E-state index in [1.807, 2.05) is 43.5 Å². The van der Waals surface area contributed by atoms with E-state index in [0.717, 1.165) is 17.1 Å². The second-order valence-corrected chi connectivity index (χ2v) is 7.09. The maximum Gasteiger partial charge on any atom is 0.240 e. The third kappa shape index (κ3) is 3.90. The minimum absolute atomic E-state index is 0.183. The van der Waals surface area contributed by atoms with Gasteiger partial charge in [-0.3, -0.25) is 14.7 Å². The van der Waals surface area contributed by atoms with Gasteiger partial charge in [0.1, 0.15) is 5.82 Å². The molecular weight excluding hydrogens is 338 g/mol. The molecule has 2 aromatic heterocycles. The molecule has 0 unspecified atom stereocenters. The molecule has 3 rings (SSSR count). The van der Waals surface area contributed by atoms with Gasteiger partial charge in [-0.2, -0.15) is 0 Å². The molecule has 0 saturated carbocycles. The summed E-state index contributed by atoms with van der Waals surface area (Å²) < 4.78 is 6.97. The van der Waals surface area contributed by atoms with Crippen LogP contribution in [0.25, 0.3) is 5.69 Å². The van der Waals surface area contributed by atoms with Crippen LogP contribution in [0, 0.1) is 20.8 Å². The van der Waals surface area contributed by atoms with Gasteiger partial charge in [-0.25, -0.2) is 0 Å². The van der Waals surface area contributed by atoms with Gasteiger partial charge < -0.3 is 4.52 Å². The van der Waals surface area contributed by atoms with E-state index in [1.165, 1.54) is 11.8 Å². The first-order valence-electron chi connectivity index (χ1n) is 7.84. The van der Waals surface area contributed by atoms with E-state index in [1.54, 1.807) is 13.0 Å². The average molecular weight is 357 g/mol. The molecule has 7 nitrogen and oxygen atoms in total. The Bertz CT molecular complexity index is 902. The van der Waals surface area contributed by atoms with Crippen LogP contribution in [-0.2, 0) is 4.79 Å². The molecule has 1 atom stereocenters. The van der Waals surface area contributed by atoms with E-state index >= 15 is 0 Å². The highest BCUT2D eigenvalue weighted by Crippen LogP contribution is 2.26. The zero-order valence-electron chi connectivity index (χ0n) is 14.5. The molecule has 1 amide bonds. The molecule has 25 heavy (non-hydrogen) atoms. The van der Waals surface area contributed by atoms with Crippen molar-refractivity contribution in [1.29, 1.82) is 0 Å². The first kappa shape index (κ1) is 17.2. The molecule has 0 fully saturated rings. The van der Waals surface area contributed by atoms with Crippen LogP contribution in [0.4, 0.5) is 5.88 Å². The zero-order valence-corrected chi connectivity index (χ0v) is 15.3. The lowest BCUT2D eigenvalue weighted by atomic mass is 10.2. The predicted molar refractivity (Wildman–Crippen MR) is 96.0 cm³/mol. The summed E-state index contributed by atoms with van der Waals surface area (Å²) in [4.78, 5) is 12.4. The van der Waals surface area contributed by atoms with Crippen LogP contribution < -0.4 is 5.32 Å². The fraction of sp³-hybridized carbons (Fsp3) is 0.294. The number of rotatable bonds is 5. The summed E-state index contributed by atoms with van der Waals surface area (Å²) in [5, 5.41) is 15.1. The standard InChI is InChI=1S/C17H19N5O2S/c1-10-6-5-7-14(8-10)22-13(4)19-20-17(22)25-12(3)16(23)18-15-9-11(2)21-24-15/h5-9,12H,1-4H3,(H,18,23)/t12-/m0/s1. The van der Waals surface area contributed by atoms with E-state index in [4.69, 9.17) is 4.52 Å². The van der Waals surface area contributed by atoms with Crippen LogP contribution in [0.3, 0.4) is 0 Å². The van der Waals surface area contributed by atoms with Gasteiger partial charge >= 0.3 is 0 Å². The third-order valence-corrected chi connectivity index (χ3v) is 4.62. The Balaban J connectivity index is 1.78. The summed E-state index contributed by atoms with van der Waals surface area (Å²) in [7, 11) is 0. The van der Waals surface area contributed by atoms with Gasteiger partial charge in [0.05, 0.1) is 10.9 Å². The number of thioether (sulfide) groups is 1. The number of hydrogen-bond donors (Lipinski definition) is 1. The fourth-order valence-corrected chi connectivity index (χ4v) is 3.25. The molecule has 0 radical (unpaired) electrons. The first-order valence-corrected chi connectivity index (χ1v) is 8.72. The molecule has 8 heteroatoms. The minimum Gasteiger partial charge on any atom is -0.338 e. The number of hydrogen-bond acceptors (Lipinski definition) is 6. The molecule has 0 aliphatic rings. The zero-order chi connectivity index (χ0) is 18.0. The van der Waals surface area contributed by atoms with Gasteiger partial charge in [-0.1, -0.05) is 29.1 Å². The third-order valence-electron chi connectivity index (χ3n) is 3.58. The Morgan fingerprint density at radius 1 is 1.24 bits per heavy atom. The number of nitrogens with zero attached hydrogens (tertiary/aromatic N) is 4. The minimum atomic E-state index is -0.377. The molecule has 3 aromatic rings. The average Bonchev–Trinajstić information content (AvgIpc) is 3.13. The van der Waals surface area contributed by atoms with Gasteiger partial charge in [0.15, 0.2) is 5.16 Å². The number of aryl methyl sites for hydroxylation is 3. The van der Waals surface area contributed by atoms with E-state index in [0.29, 0.717) is 16.7 Å². The van der Waals surface area contributed by atoms with Crippen LogP contribution >= 0.6 is 11.8 Å². The van der Waals surface area contributed by atoms with E-state index in [2.05, 4.69) is 26.7 Å². The lowest BCUT2D eigenvalue weighted by Crippen LogP contribution is -2.22. The molecule has 0 bridgehead atoms. The van der Waals surface area contributed by atoms with E-state index in [9.17, 15) is 4.79 Å². The molecule has 0 saturated heterocycles. The maximum absolute atomic E-state index is 12.4. The smallest absolute Gasteiger partial charge is 0.240 e. The van der Waals surface area contributed by atoms with Gasteiger partial charge in [-0.15, -0.1) is 10.2 Å². The quantitative estimate of drug-likeness (QED) is 0.705. The lowest BCUT2D eigenvalue weighted by molar-refractivity contribution is -0.115. The highest BCUT2D eigenvalue weighted by atomic mass is 32.2. The molecule has 130 valence electrons. The maximum atomic E-state index is 12.4. The molecule has 1 aromatic carbocycles. The number of amides is 1. The van der Waals surface area contributed by atoms with E-state index in [-0.39, 0.29) is 11.2 Å². The fourth-order valence-electron chi connectivity index (χ4n) is 2.34. The van der Waals surface area contributed by atoms with Crippen molar-refractivity contribution in [3.8, 4) is 5.69 Å². The highest BCUT2D eigenvalue weighted by molar-refractivity contribution is 8.00. The van der Waals surface area contributed by atoms with Crippen LogP contribution in [0.2, 0.25) is 0 Å². The topological polar surface area (TPSA) is 85.8 Å². The van der Waals surface area contributed by atoms with Crippen molar-refractivity contribution in [2.75, 3.05) is 5.32 Å². The predicted octanol–water partition coefficient (Wildman–Crippen LogP) is 3.30. The number of anilines is 1. The number of benzene rings is 1. The Labute approximate surface area is 149 Å². The van der Waals surface area contributed by atoms with Gasteiger partial charge in [-0.05, 0) is 45.4 Å². The Morgan fingerprint density at radius 2 is 2.04 bits per heavy atom. The van der Waals surface area contributed by atoms with Gasteiger partial charge in [0.2, 0.25) is 11.8 Å². The summed E-state index contributed by atoms with van der Waals surface area (Å²) in [5.74, 6) is 0.926. The first-order chi connectivity index (χ1) is 11.9. The highest BCUT2D eigenvalue weighted by Gasteiger charge is 2.21. The van der Waals surface area contributed by atoms with Crippen molar-refractivity contribution in [2.45, 2.75) is 38.1 Å². The van der Waals surface area contributed by atoms with Crippen LogP contribution in [0.15, 0.2) is 40.0 Å². The molecule has 0 spiro atoms.